The number of rotatable bonds is 2. The van der Waals surface area contributed by atoms with E-state index in [0.29, 0.717) is 0 Å². The quantitative estimate of drug-likeness (QED) is 0.676. The zero-order valence-electron chi connectivity index (χ0n) is 7.25. The van der Waals surface area contributed by atoms with Crippen LogP contribution in [0.15, 0.2) is 25.0 Å². The lowest BCUT2D eigenvalue weighted by atomic mass is 10.3. The van der Waals surface area contributed by atoms with Crippen molar-refractivity contribution in [2.45, 2.75) is 13.5 Å². The summed E-state index contributed by atoms with van der Waals surface area (Å²) >= 11 is 0. The van der Waals surface area contributed by atoms with E-state index in [0.717, 1.165) is 17.9 Å². The van der Waals surface area contributed by atoms with Crippen LogP contribution in [-0.4, -0.2) is 24.7 Å². The molecule has 0 fully saturated rings. The van der Waals surface area contributed by atoms with E-state index < -0.39 is 0 Å². The van der Waals surface area contributed by atoms with Gasteiger partial charge in [-0.3, -0.25) is 0 Å². The molecule has 0 amide bonds. The predicted octanol–water partition coefficient (Wildman–Crippen LogP) is 0.755. The fraction of sp³-hybridized carbons (Fsp3) is 0.250. The molecular weight excluding hydrogens is 166 g/mol. The van der Waals surface area contributed by atoms with Crippen molar-refractivity contribution in [1.82, 2.24) is 24.7 Å². The minimum atomic E-state index is 0.796. The van der Waals surface area contributed by atoms with Crippen molar-refractivity contribution in [3.63, 3.8) is 0 Å². The molecule has 0 bridgehead atoms. The maximum Gasteiger partial charge on any atom is 0.161 e. The number of hydrogen-bond acceptors (Lipinski definition) is 4. The van der Waals surface area contributed by atoms with Gasteiger partial charge in [-0.15, -0.1) is 0 Å². The topological polar surface area (TPSA) is 56.5 Å². The van der Waals surface area contributed by atoms with Crippen LogP contribution in [0.25, 0.3) is 11.4 Å². The maximum atomic E-state index is 4.13. The highest BCUT2D eigenvalue weighted by atomic mass is 15.3. The molecule has 0 saturated carbocycles. The lowest BCUT2D eigenvalue weighted by Crippen LogP contribution is -1.99. The Kier molecular flexibility index (Phi) is 1.99. The van der Waals surface area contributed by atoms with Gasteiger partial charge in [0.2, 0.25) is 0 Å². The van der Waals surface area contributed by atoms with Crippen LogP contribution in [0.3, 0.4) is 0 Å². The van der Waals surface area contributed by atoms with Gasteiger partial charge in [-0.1, -0.05) is 0 Å². The Bertz CT molecular complexity index is 380. The molecule has 2 heterocycles. The van der Waals surface area contributed by atoms with Crippen molar-refractivity contribution in [2.24, 2.45) is 0 Å². The third kappa shape index (κ3) is 1.40. The molecule has 0 aliphatic heterocycles. The van der Waals surface area contributed by atoms with Crippen LogP contribution in [-0.2, 0) is 6.54 Å². The van der Waals surface area contributed by atoms with E-state index in [2.05, 4.69) is 20.1 Å². The van der Waals surface area contributed by atoms with E-state index in [1.807, 2.05) is 6.92 Å². The minimum absolute atomic E-state index is 0.796. The Morgan fingerprint density at radius 3 is 2.69 bits per heavy atom. The molecule has 13 heavy (non-hydrogen) atoms. The van der Waals surface area contributed by atoms with Crippen molar-refractivity contribution in [2.75, 3.05) is 0 Å². The summed E-state index contributed by atoms with van der Waals surface area (Å²) in [4.78, 5) is 12.0. The molecule has 0 unspecified atom stereocenters. The zero-order valence-corrected chi connectivity index (χ0v) is 7.25. The molecule has 2 aromatic rings. The lowest BCUT2D eigenvalue weighted by molar-refractivity contribution is 0.665. The van der Waals surface area contributed by atoms with Crippen LogP contribution in [0.4, 0.5) is 0 Å². The first-order chi connectivity index (χ1) is 6.42. The average molecular weight is 175 g/mol. The van der Waals surface area contributed by atoms with E-state index >= 15 is 0 Å². The fourth-order valence-corrected chi connectivity index (χ4v) is 1.13. The van der Waals surface area contributed by atoms with E-state index in [4.69, 9.17) is 0 Å². The van der Waals surface area contributed by atoms with Gasteiger partial charge in [0, 0.05) is 18.9 Å². The predicted molar refractivity (Wildman–Crippen MR) is 46.7 cm³/mol. The second-order valence-corrected chi connectivity index (χ2v) is 2.53. The summed E-state index contributed by atoms with van der Waals surface area (Å²) in [6.07, 6.45) is 6.48. The molecule has 5 heteroatoms. The molecule has 2 aromatic heterocycles. The summed E-state index contributed by atoms with van der Waals surface area (Å²) in [5.41, 5.74) is 0.891. The standard InChI is InChI=1S/C8H9N5/c1-2-13-8(11-6-12-13)7-3-9-5-10-4-7/h3-6H,2H2,1H3. The van der Waals surface area contributed by atoms with Gasteiger partial charge in [-0.25, -0.2) is 19.6 Å². The summed E-state index contributed by atoms with van der Waals surface area (Å²) < 4.78 is 1.80. The number of aryl methyl sites for hydroxylation is 1. The van der Waals surface area contributed by atoms with Crippen LogP contribution in [0.5, 0.6) is 0 Å². The molecule has 2 rings (SSSR count). The Hall–Kier alpha value is -1.78. The van der Waals surface area contributed by atoms with Gasteiger partial charge in [0.05, 0.1) is 5.56 Å². The van der Waals surface area contributed by atoms with Crippen LogP contribution < -0.4 is 0 Å². The molecule has 0 aliphatic rings. The highest BCUT2D eigenvalue weighted by molar-refractivity contribution is 5.51. The van der Waals surface area contributed by atoms with E-state index in [1.54, 1.807) is 17.1 Å². The van der Waals surface area contributed by atoms with Crippen molar-refractivity contribution in [1.29, 1.82) is 0 Å². The molecule has 5 nitrogen and oxygen atoms in total. The molecule has 0 radical (unpaired) electrons. The summed E-state index contributed by atoms with van der Waals surface area (Å²) in [5, 5.41) is 4.06. The van der Waals surface area contributed by atoms with Gasteiger partial charge in [0.25, 0.3) is 0 Å². The monoisotopic (exact) mass is 175 g/mol. The Morgan fingerprint density at radius 2 is 2.00 bits per heavy atom. The number of nitrogens with zero attached hydrogens (tertiary/aromatic N) is 5. The minimum Gasteiger partial charge on any atom is -0.246 e. The van der Waals surface area contributed by atoms with Crippen molar-refractivity contribution >= 4 is 0 Å². The Morgan fingerprint density at radius 1 is 1.23 bits per heavy atom. The van der Waals surface area contributed by atoms with Gasteiger partial charge < -0.3 is 0 Å². The van der Waals surface area contributed by atoms with Gasteiger partial charge in [0.15, 0.2) is 5.82 Å². The Balaban J connectivity index is 2.47. The van der Waals surface area contributed by atoms with E-state index in [1.165, 1.54) is 12.7 Å². The molecule has 66 valence electrons. The highest BCUT2D eigenvalue weighted by Gasteiger charge is 2.04. The van der Waals surface area contributed by atoms with Crippen molar-refractivity contribution in [3.8, 4) is 11.4 Å². The van der Waals surface area contributed by atoms with E-state index in [-0.39, 0.29) is 0 Å². The second kappa shape index (κ2) is 3.30. The molecule has 0 aliphatic carbocycles. The highest BCUT2D eigenvalue weighted by Crippen LogP contribution is 2.12. The fourth-order valence-electron chi connectivity index (χ4n) is 1.13. The van der Waals surface area contributed by atoms with Crippen LogP contribution in [0, 0.1) is 0 Å². The smallest absolute Gasteiger partial charge is 0.161 e. The first-order valence-electron chi connectivity index (χ1n) is 4.05. The van der Waals surface area contributed by atoms with E-state index in [9.17, 15) is 0 Å². The summed E-state index contributed by atoms with van der Waals surface area (Å²) in [5.74, 6) is 0.808. The van der Waals surface area contributed by atoms with Gasteiger partial charge in [0.1, 0.15) is 12.7 Å². The summed E-state index contributed by atoms with van der Waals surface area (Å²) in [6, 6.07) is 0. The number of hydrogen-bond donors (Lipinski definition) is 0. The molecule has 0 saturated heterocycles. The summed E-state index contributed by atoms with van der Waals surface area (Å²) in [6.45, 7) is 2.81. The molecular formula is C8H9N5. The third-order valence-corrected chi connectivity index (χ3v) is 1.73. The normalized spacial score (nSPS) is 10.2. The van der Waals surface area contributed by atoms with Gasteiger partial charge in [-0.2, -0.15) is 5.10 Å². The van der Waals surface area contributed by atoms with Crippen LogP contribution in [0.2, 0.25) is 0 Å². The maximum absolute atomic E-state index is 4.13. The lowest BCUT2D eigenvalue weighted by Gasteiger charge is -2.00. The second-order valence-electron chi connectivity index (χ2n) is 2.53. The number of aromatic nitrogens is 5. The molecule has 0 N–H and O–H groups in total. The van der Waals surface area contributed by atoms with Crippen molar-refractivity contribution in [3.05, 3.63) is 25.0 Å². The zero-order chi connectivity index (χ0) is 9.10. The van der Waals surface area contributed by atoms with Crippen molar-refractivity contribution < 1.29 is 0 Å². The van der Waals surface area contributed by atoms with Gasteiger partial charge in [-0.05, 0) is 6.92 Å². The molecule has 0 aromatic carbocycles. The first-order valence-corrected chi connectivity index (χ1v) is 4.05. The van der Waals surface area contributed by atoms with Gasteiger partial charge >= 0.3 is 0 Å². The molecule has 0 atom stereocenters. The first kappa shape index (κ1) is 7.85. The molecule has 0 spiro atoms. The average Bonchev–Trinajstić information content (AvgIpc) is 2.67. The SMILES string of the molecule is CCn1ncnc1-c1cncnc1. The van der Waals surface area contributed by atoms with Crippen LogP contribution in [0.1, 0.15) is 6.92 Å². The Labute approximate surface area is 75.5 Å². The largest absolute Gasteiger partial charge is 0.246 e. The third-order valence-electron chi connectivity index (χ3n) is 1.73. The van der Waals surface area contributed by atoms with Crippen LogP contribution >= 0.6 is 0 Å². The summed E-state index contributed by atoms with van der Waals surface area (Å²) in [7, 11) is 0.